The normalized spacial score (nSPS) is 11.1. The van der Waals surface area contributed by atoms with Crippen LogP contribution in [0.3, 0.4) is 0 Å². The number of ether oxygens (including phenoxy) is 1. The van der Waals surface area contributed by atoms with Gasteiger partial charge in [-0.25, -0.2) is 13.4 Å². The first-order valence-electron chi connectivity index (χ1n) is 8.35. The summed E-state index contributed by atoms with van der Waals surface area (Å²) < 4.78 is 32.4. The standard InChI is InChI=1S/C20H21N3O3S/c1-14-5-4-6-19(15(14)2)22-16-7-12-20(21-13-16)23-27(24,25)18-10-8-17(26-3)9-11-18/h4-13,22H,1-3H3,(H,21,23). The number of pyridine rings is 1. The van der Waals surface area contributed by atoms with Gasteiger partial charge in [-0.2, -0.15) is 0 Å². The third-order valence-corrected chi connectivity index (χ3v) is 5.63. The predicted molar refractivity (Wildman–Crippen MR) is 107 cm³/mol. The van der Waals surface area contributed by atoms with Crippen molar-refractivity contribution in [2.24, 2.45) is 0 Å². The monoisotopic (exact) mass is 383 g/mol. The zero-order valence-electron chi connectivity index (χ0n) is 15.4. The summed E-state index contributed by atoms with van der Waals surface area (Å²) in [5, 5.41) is 3.29. The number of aryl methyl sites for hydroxylation is 1. The number of benzene rings is 2. The van der Waals surface area contributed by atoms with Crippen LogP contribution in [0.25, 0.3) is 0 Å². The molecule has 0 spiro atoms. The van der Waals surface area contributed by atoms with Crippen LogP contribution >= 0.6 is 0 Å². The summed E-state index contributed by atoms with van der Waals surface area (Å²) in [7, 11) is -2.18. The molecule has 2 N–H and O–H groups in total. The first kappa shape index (κ1) is 18.7. The second kappa shape index (κ2) is 7.67. The quantitative estimate of drug-likeness (QED) is 0.665. The van der Waals surface area contributed by atoms with Crippen molar-refractivity contribution in [1.29, 1.82) is 0 Å². The summed E-state index contributed by atoms with van der Waals surface area (Å²) in [6, 6.07) is 15.6. The lowest BCUT2D eigenvalue weighted by Gasteiger charge is -2.12. The molecule has 0 atom stereocenters. The van der Waals surface area contributed by atoms with E-state index >= 15 is 0 Å². The topological polar surface area (TPSA) is 80.3 Å². The van der Waals surface area contributed by atoms with Gasteiger partial charge >= 0.3 is 0 Å². The van der Waals surface area contributed by atoms with Gasteiger partial charge in [-0.05, 0) is 67.4 Å². The molecule has 0 amide bonds. The van der Waals surface area contributed by atoms with Crippen molar-refractivity contribution in [3.05, 3.63) is 71.9 Å². The Morgan fingerprint density at radius 3 is 2.33 bits per heavy atom. The Morgan fingerprint density at radius 2 is 1.70 bits per heavy atom. The van der Waals surface area contributed by atoms with Gasteiger partial charge in [-0.3, -0.25) is 4.72 Å². The van der Waals surface area contributed by atoms with Crippen LogP contribution in [0.1, 0.15) is 11.1 Å². The average Bonchev–Trinajstić information content (AvgIpc) is 2.67. The van der Waals surface area contributed by atoms with Crippen molar-refractivity contribution >= 4 is 27.2 Å². The number of rotatable bonds is 6. The van der Waals surface area contributed by atoms with E-state index in [2.05, 4.69) is 28.0 Å². The zero-order valence-corrected chi connectivity index (χ0v) is 16.2. The lowest BCUT2D eigenvalue weighted by atomic mass is 10.1. The van der Waals surface area contributed by atoms with Gasteiger partial charge in [0, 0.05) is 5.69 Å². The Bertz CT molecular complexity index is 1030. The van der Waals surface area contributed by atoms with Gasteiger partial charge in [0.05, 0.1) is 23.9 Å². The van der Waals surface area contributed by atoms with E-state index in [1.165, 1.54) is 24.8 Å². The molecule has 0 fully saturated rings. The van der Waals surface area contributed by atoms with E-state index in [1.807, 2.05) is 19.1 Å². The van der Waals surface area contributed by atoms with Gasteiger partial charge < -0.3 is 10.1 Å². The molecule has 0 aliphatic carbocycles. The van der Waals surface area contributed by atoms with Crippen LogP contribution in [0.15, 0.2) is 65.7 Å². The minimum atomic E-state index is -3.71. The van der Waals surface area contributed by atoms with Gasteiger partial charge in [-0.1, -0.05) is 12.1 Å². The first-order valence-corrected chi connectivity index (χ1v) is 9.83. The van der Waals surface area contributed by atoms with Gasteiger partial charge in [0.15, 0.2) is 0 Å². The van der Waals surface area contributed by atoms with Crippen LogP contribution < -0.4 is 14.8 Å². The maximum atomic E-state index is 12.5. The van der Waals surface area contributed by atoms with Crippen LogP contribution in [0, 0.1) is 13.8 Å². The largest absolute Gasteiger partial charge is 0.497 e. The minimum absolute atomic E-state index is 0.141. The van der Waals surface area contributed by atoms with Crippen molar-refractivity contribution in [1.82, 2.24) is 4.98 Å². The summed E-state index contributed by atoms with van der Waals surface area (Å²) in [5.74, 6) is 0.839. The van der Waals surface area contributed by atoms with Crippen LogP contribution in [0.5, 0.6) is 5.75 Å². The smallest absolute Gasteiger partial charge is 0.263 e. The van der Waals surface area contributed by atoms with E-state index in [0.29, 0.717) is 5.75 Å². The summed E-state index contributed by atoms with van der Waals surface area (Å²) in [6.07, 6.45) is 1.59. The summed E-state index contributed by atoms with van der Waals surface area (Å²) in [6.45, 7) is 4.10. The lowest BCUT2D eigenvalue weighted by molar-refractivity contribution is 0.414. The Hall–Kier alpha value is -3.06. The Kier molecular flexibility index (Phi) is 5.32. The van der Waals surface area contributed by atoms with E-state index < -0.39 is 10.0 Å². The summed E-state index contributed by atoms with van der Waals surface area (Å²) in [5.41, 5.74) is 4.11. The molecule has 0 saturated carbocycles. The number of methoxy groups -OCH3 is 1. The highest BCUT2D eigenvalue weighted by molar-refractivity contribution is 7.92. The van der Waals surface area contributed by atoms with Crippen molar-refractivity contribution in [3.8, 4) is 5.75 Å². The van der Waals surface area contributed by atoms with Crippen molar-refractivity contribution in [3.63, 3.8) is 0 Å². The molecule has 6 nitrogen and oxygen atoms in total. The van der Waals surface area contributed by atoms with E-state index in [-0.39, 0.29) is 10.7 Å². The summed E-state index contributed by atoms with van der Waals surface area (Å²) >= 11 is 0. The molecule has 0 unspecified atom stereocenters. The van der Waals surface area contributed by atoms with Gasteiger partial charge in [0.1, 0.15) is 11.6 Å². The number of hydrogen-bond donors (Lipinski definition) is 2. The molecular formula is C20H21N3O3S. The van der Waals surface area contributed by atoms with E-state index in [9.17, 15) is 8.42 Å². The molecule has 0 aliphatic rings. The van der Waals surface area contributed by atoms with Crippen LogP contribution in [0.4, 0.5) is 17.2 Å². The van der Waals surface area contributed by atoms with Crippen LogP contribution in [-0.2, 0) is 10.0 Å². The summed E-state index contributed by atoms with van der Waals surface area (Å²) in [4.78, 5) is 4.34. The van der Waals surface area contributed by atoms with Crippen molar-refractivity contribution in [2.45, 2.75) is 18.7 Å². The second-order valence-corrected chi connectivity index (χ2v) is 7.77. The molecule has 27 heavy (non-hydrogen) atoms. The van der Waals surface area contributed by atoms with Gasteiger partial charge in [0.25, 0.3) is 10.0 Å². The highest BCUT2D eigenvalue weighted by Crippen LogP contribution is 2.23. The Labute approximate surface area is 159 Å². The number of nitrogens with zero attached hydrogens (tertiary/aromatic N) is 1. The first-order chi connectivity index (χ1) is 12.9. The molecule has 0 radical (unpaired) electrons. The fraction of sp³-hybridized carbons (Fsp3) is 0.150. The number of aromatic nitrogens is 1. The number of nitrogens with one attached hydrogen (secondary N) is 2. The molecule has 0 saturated heterocycles. The minimum Gasteiger partial charge on any atom is -0.497 e. The second-order valence-electron chi connectivity index (χ2n) is 6.09. The van der Waals surface area contributed by atoms with Gasteiger partial charge in [0.2, 0.25) is 0 Å². The molecular weight excluding hydrogens is 362 g/mol. The van der Waals surface area contributed by atoms with Crippen LogP contribution in [-0.4, -0.2) is 20.5 Å². The molecule has 3 aromatic rings. The lowest BCUT2D eigenvalue weighted by Crippen LogP contribution is -2.13. The number of hydrogen-bond acceptors (Lipinski definition) is 5. The number of anilines is 3. The van der Waals surface area contributed by atoms with Crippen molar-refractivity contribution in [2.75, 3.05) is 17.1 Å². The molecule has 0 aliphatic heterocycles. The zero-order chi connectivity index (χ0) is 19.4. The maximum absolute atomic E-state index is 12.5. The molecule has 3 rings (SSSR count). The SMILES string of the molecule is COc1ccc(S(=O)(=O)Nc2ccc(Nc3cccc(C)c3C)cn2)cc1. The molecule has 0 bridgehead atoms. The molecule has 2 aromatic carbocycles. The molecule has 1 heterocycles. The highest BCUT2D eigenvalue weighted by atomic mass is 32.2. The maximum Gasteiger partial charge on any atom is 0.263 e. The Morgan fingerprint density at radius 1 is 0.963 bits per heavy atom. The van der Waals surface area contributed by atoms with Crippen LogP contribution in [0.2, 0.25) is 0 Å². The molecule has 140 valence electrons. The Balaban J connectivity index is 1.74. The predicted octanol–water partition coefficient (Wildman–Crippen LogP) is 4.25. The molecule has 7 heteroatoms. The fourth-order valence-electron chi connectivity index (χ4n) is 2.52. The van der Waals surface area contributed by atoms with E-state index in [4.69, 9.17) is 4.74 Å². The third kappa shape index (κ3) is 4.38. The van der Waals surface area contributed by atoms with Gasteiger partial charge in [-0.15, -0.1) is 0 Å². The highest BCUT2D eigenvalue weighted by Gasteiger charge is 2.15. The van der Waals surface area contributed by atoms with Crippen molar-refractivity contribution < 1.29 is 13.2 Å². The fourth-order valence-corrected chi connectivity index (χ4v) is 3.53. The number of sulfonamides is 1. The van der Waals surface area contributed by atoms with E-state index in [0.717, 1.165) is 16.9 Å². The van der Waals surface area contributed by atoms with E-state index in [1.54, 1.807) is 30.5 Å². The average molecular weight is 383 g/mol. The third-order valence-electron chi connectivity index (χ3n) is 4.26. The molecule has 1 aromatic heterocycles.